The summed E-state index contributed by atoms with van der Waals surface area (Å²) in [5.74, 6) is 0. The lowest BCUT2D eigenvalue weighted by Gasteiger charge is -2.38. The van der Waals surface area contributed by atoms with Crippen molar-refractivity contribution in [1.82, 2.24) is 4.90 Å². The zero-order valence-corrected chi connectivity index (χ0v) is 18.6. The summed E-state index contributed by atoms with van der Waals surface area (Å²) in [6.45, 7) is 4.04. The van der Waals surface area contributed by atoms with Gasteiger partial charge in [-0.15, -0.1) is 0 Å². The number of hydrogen-bond acceptors (Lipinski definition) is 3. The number of benzene rings is 2. The largest absolute Gasteiger partial charge is 0.441 e. The Morgan fingerprint density at radius 2 is 1.64 bits per heavy atom. The molecule has 4 rings (SSSR count). The molecular formula is C23H27IN2O2. The highest BCUT2D eigenvalue weighted by atomic mass is 127. The third kappa shape index (κ3) is 3.86. The monoisotopic (exact) mass is 490 g/mol. The van der Waals surface area contributed by atoms with Gasteiger partial charge in [0.05, 0.1) is 6.04 Å². The Kier molecular flexibility index (Phi) is 5.54. The number of rotatable bonds is 4. The fourth-order valence-electron chi connectivity index (χ4n) is 4.63. The Morgan fingerprint density at radius 1 is 1.00 bits per heavy atom. The third-order valence-electron chi connectivity index (χ3n) is 5.94. The van der Waals surface area contributed by atoms with Crippen molar-refractivity contribution >= 4 is 34.4 Å². The van der Waals surface area contributed by atoms with Crippen LogP contribution in [0.15, 0.2) is 54.6 Å². The third-order valence-corrected chi connectivity index (χ3v) is 6.88. The fraction of sp³-hybridized carbons (Fsp3) is 0.435. The number of anilines is 1. The van der Waals surface area contributed by atoms with E-state index in [2.05, 4.69) is 64.3 Å². The zero-order chi connectivity index (χ0) is 19.7. The summed E-state index contributed by atoms with van der Waals surface area (Å²) >= 11 is 2.38. The van der Waals surface area contributed by atoms with Gasteiger partial charge in [-0.2, -0.15) is 0 Å². The standard InChI is InChI=1S/C23H27IN2O2/c1-23(2)21(16-8-4-3-5-9-16)26(22(27)28-23)18-14-12-17(13-15-18)25-20-11-7-6-10-19(20)24/h3-11,17-18,21,25H,12-15H2,1-2H3/t17-,18-,21-/m0/s1. The second kappa shape index (κ2) is 7.93. The number of cyclic esters (lactones) is 1. The number of carbonyl (C=O) groups is 1. The highest BCUT2D eigenvalue weighted by Gasteiger charge is 2.51. The predicted octanol–water partition coefficient (Wildman–Crippen LogP) is 5.99. The van der Waals surface area contributed by atoms with Crippen LogP contribution in [0.4, 0.5) is 10.5 Å². The van der Waals surface area contributed by atoms with Crippen LogP contribution >= 0.6 is 22.6 Å². The lowest BCUT2D eigenvalue weighted by molar-refractivity contribution is 0.0664. The molecule has 1 amide bonds. The zero-order valence-electron chi connectivity index (χ0n) is 16.4. The molecule has 0 aromatic heterocycles. The van der Waals surface area contributed by atoms with Gasteiger partial charge < -0.3 is 10.1 Å². The molecule has 1 saturated heterocycles. The minimum absolute atomic E-state index is 0.0363. The van der Waals surface area contributed by atoms with E-state index in [4.69, 9.17) is 4.74 Å². The Hall–Kier alpha value is -1.76. The molecule has 0 unspecified atom stereocenters. The normalized spacial score (nSPS) is 26.8. The molecule has 0 radical (unpaired) electrons. The van der Waals surface area contributed by atoms with Crippen LogP contribution in [-0.4, -0.2) is 28.7 Å². The number of amides is 1. The fourth-order valence-corrected chi connectivity index (χ4v) is 5.17. The molecule has 1 N–H and O–H groups in total. The molecule has 2 aromatic carbocycles. The highest BCUT2D eigenvalue weighted by Crippen LogP contribution is 2.44. The van der Waals surface area contributed by atoms with Crippen molar-refractivity contribution in [2.24, 2.45) is 0 Å². The number of hydrogen-bond donors (Lipinski definition) is 1. The Labute approximate surface area is 180 Å². The van der Waals surface area contributed by atoms with Gasteiger partial charge in [0.15, 0.2) is 0 Å². The molecule has 0 bridgehead atoms. The molecule has 1 atom stereocenters. The summed E-state index contributed by atoms with van der Waals surface area (Å²) in [5, 5.41) is 3.69. The van der Waals surface area contributed by atoms with Crippen LogP contribution in [0.1, 0.15) is 51.1 Å². The molecular weight excluding hydrogens is 463 g/mol. The Bertz CT molecular complexity index is 832. The maximum atomic E-state index is 12.8. The van der Waals surface area contributed by atoms with E-state index in [-0.39, 0.29) is 18.2 Å². The van der Waals surface area contributed by atoms with Crippen molar-refractivity contribution < 1.29 is 9.53 Å². The van der Waals surface area contributed by atoms with Gasteiger partial charge in [-0.25, -0.2) is 4.79 Å². The Morgan fingerprint density at radius 3 is 2.32 bits per heavy atom. The SMILES string of the molecule is CC1(C)OC(=O)N([C@H]2CC[C@H](Nc3ccccc3I)CC2)[C@H]1c1ccccc1. The van der Waals surface area contributed by atoms with Gasteiger partial charge in [-0.3, -0.25) is 4.90 Å². The first-order chi connectivity index (χ1) is 13.5. The van der Waals surface area contributed by atoms with E-state index in [1.165, 1.54) is 9.26 Å². The first-order valence-electron chi connectivity index (χ1n) is 10.0. The molecule has 1 aliphatic carbocycles. The highest BCUT2D eigenvalue weighted by molar-refractivity contribution is 14.1. The minimum Gasteiger partial charge on any atom is -0.441 e. The first kappa shape index (κ1) is 19.6. The Balaban J connectivity index is 1.47. The summed E-state index contributed by atoms with van der Waals surface area (Å²) in [6, 6.07) is 19.3. The van der Waals surface area contributed by atoms with Gasteiger partial charge in [0.1, 0.15) is 5.60 Å². The van der Waals surface area contributed by atoms with Gasteiger partial charge in [-0.05, 0) is 79.8 Å². The lowest BCUT2D eigenvalue weighted by atomic mass is 9.86. The van der Waals surface area contributed by atoms with E-state index in [9.17, 15) is 4.79 Å². The van der Waals surface area contributed by atoms with Gasteiger partial charge in [0, 0.05) is 21.3 Å². The number of halogens is 1. The molecule has 1 aliphatic heterocycles. The number of ether oxygens (including phenoxy) is 1. The minimum atomic E-state index is -0.520. The smallest absolute Gasteiger partial charge is 0.411 e. The van der Waals surface area contributed by atoms with Gasteiger partial charge in [0.25, 0.3) is 0 Å². The number of carbonyl (C=O) groups excluding carboxylic acids is 1. The molecule has 1 saturated carbocycles. The number of nitrogens with zero attached hydrogens (tertiary/aromatic N) is 1. The molecule has 0 spiro atoms. The van der Waals surface area contributed by atoms with Gasteiger partial charge in [-0.1, -0.05) is 42.5 Å². The van der Waals surface area contributed by atoms with Crippen molar-refractivity contribution in [3.8, 4) is 0 Å². The van der Waals surface area contributed by atoms with Crippen molar-refractivity contribution in [1.29, 1.82) is 0 Å². The van der Waals surface area contributed by atoms with Crippen molar-refractivity contribution in [3.63, 3.8) is 0 Å². The summed E-state index contributed by atoms with van der Waals surface area (Å²) < 4.78 is 7.04. The number of para-hydroxylation sites is 1. The lowest BCUT2D eigenvalue weighted by Crippen LogP contribution is -2.44. The molecule has 1 heterocycles. The van der Waals surface area contributed by atoms with Crippen LogP contribution in [0, 0.1) is 3.57 Å². The van der Waals surface area contributed by atoms with Crippen molar-refractivity contribution in [3.05, 3.63) is 63.7 Å². The maximum Gasteiger partial charge on any atom is 0.411 e. The molecule has 4 nitrogen and oxygen atoms in total. The van der Waals surface area contributed by atoms with Crippen LogP contribution in [-0.2, 0) is 4.74 Å². The quantitative estimate of drug-likeness (QED) is 0.536. The van der Waals surface area contributed by atoms with E-state index in [1.54, 1.807) is 0 Å². The van der Waals surface area contributed by atoms with Crippen molar-refractivity contribution in [2.75, 3.05) is 5.32 Å². The predicted molar refractivity (Wildman–Crippen MR) is 120 cm³/mol. The van der Waals surface area contributed by atoms with E-state index >= 15 is 0 Å². The molecule has 2 aliphatic rings. The van der Waals surface area contributed by atoms with Crippen LogP contribution < -0.4 is 5.32 Å². The van der Waals surface area contributed by atoms with E-state index in [0.717, 1.165) is 31.2 Å². The van der Waals surface area contributed by atoms with E-state index < -0.39 is 5.60 Å². The molecule has 5 heteroatoms. The summed E-state index contributed by atoms with van der Waals surface area (Å²) in [4.78, 5) is 14.8. The van der Waals surface area contributed by atoms with Crippen LogP contribution in [0.3, 0.4) is 0 Å². The average Bonchev–Trinajstić information content (AvgIpc) is 2.93. The summed E-state index contributed by atoms with van der Waals surface area (Å²) in [7, 11) is 0. The summed E-state index contributed by atoms with van der Waals surface area (Å²) in [6.07, 6.45) is 3.93. The molecule has 2 fully saturated rings. The van der Waals surface area contributed by atoms with Crippen LogP contribution in [0.2, 0.25) is 0 Å². The first-order valence-corrected chi connectivity index (χ1v) is 11.1. The molecule has 2 aromatic rings. The van der Waals surface area contributed by atoms with Crippen LogP contribution in [0.25, 0.3) is 0 Å². The second-order valence-corrected chi connectivity index (χ2v) is 9.48. The van der Waals surface area contributed by atoms with E-state index in [1.807, 2.05) is 36.9 Å². The van der Waals surface area contributed by atoms with E-state index in [0.29, 0.717) is 6.04 Å². The average molecular weight is 490 g/mol. The summed E-state index contributed by atoms with van der Waals surface area (Å²) in [5.41, 5.74) is 1.83. The number of nitrogens with one attached hydrogen (secondary N) is 1. The topological polar surface area (TPSA) is 41.6 Å². The van der Waals surface area contributed by atoms with Gasteiger partial charge in [0.2, 0.25) is 0 Å². The second-order valence-electron chi connectivity index (χ2n) is 8.32. The van der Waals surface area contributed by atoms with Crippen molar-refractivity contribution in [2.45, 2.75) is 63.3 Å². The molecule has 148 valence electrons. The molecule has 28 heavy (non-hydrogen) atoms. The van der Waals surface area contributed by atoms with Gasteiger partial charge >= 0.3 is 6.09 Å². The van der Waals surface area contributed by atoms with Crippen LogP contribution in [0.5, 0.6) is 0 Å². The maximum absolute atomic E-state index is 12.8.